The van der Waals surface area contributed by atoms with E-state index in [-0.39, 0.29) is 17.6 Å². The molecule has 160 valence electrons. The Kier molecular flexibility index (Phi) is 6.42. The van der Waals surface area contributed by atoms with E-state index in [2.05, 4.69) is 26.1 Å². The first-order chi connectivity index (χ1) is 15.0. The summed E-state index contributed by atoms with van der Waals surface area (Å²) in [6.07, 6.45) is 0.550. The van der Waals surface area contributed by atoms with Crippen LogP contribution in [0.1, 0.15) is 23.9 Å². The average molecular weight is 482 g/mol. The number of carbonyl (C=O) groups is 2. The van der Waals surface area contributed by atoms with Crippen molar-refractivity contribution in [1.29, 1.82) is 0 Å². The molecule has 1 saturated heterocycles. The Morgan fingerprint density at radius 2 is 1.61 bits per heavy atom. The lowest BCUT2D eigenvalue weighted by Crippen LogP contribution is -2.48. The average Bonchev–Trinajstić information content (AvgIpc) is 3.30. The van der Waals surface area contributed by atoms with Crippen LogP contribution in [0.5, 0.6) is 0 Å². The minimum absolute atomic E-state index is 0.207. The second kappa shape index (κ2) is 9.39. The lowest BCUT2D eigenvalue weighted by molar-refractivity contribution is -0.131. The number of hydrogen-bond donors (Lipinski definition) is 1. The van der Waals surface area contributed by atoms with Gasteiger partial charge in [-0.3, -0.25) is 9.59 Å². The Morgan fingerprint density at radius 3 is 2.26 bits per heavy atom. The Labute approximate surface area is 190 Å². The fraction of sp³-hybridized carbons (Fsp3) is 0.250. The standard InChI is InChI=1S/C24H24BrN3O3/c1-2-23(29)28-15-13-27(14-16-28)20-9-7-19(8-10-20)26-24(30)22-12-11-21(31-22)17-3-5-18(25)6-4-17/h3-12H,2,13-16H2,1H3,(H,26,30). The normalized spacial score (nSPS) is 13.9. The topological polar surface area (TPSA) is 65.8 Å². The van der Waals surface area contributed by atoms with E-state index in [1.54, 1.807) is 12.1 Å². The fourth-order valence-electron chi connectivity index (χ4n) is 3.62. The number of halogens is 1. The van der Waals surface area contributed by atoms with Crippen molar-refractivity contribution < 1.29 is 14.0 Å². The lowest BCUT2D eigenvalue weighted by Gasteiger charge is -2.36. The van der Waals surface area contributed by atoms with Crippen molar-refractivity contribution in [1.82, 2.24) is 4.90 Å². The van der Waals surface area contributed by atoms with Crippen LogP contribution in [0.15, 0.2) is 69.6 Å². The van der Waals surface area contributed by atoms with Crippen LogP contribution >= 0.6 is 15.9 Å². The van der Waals surface area contributed by atoms with E-state index in [9.17, 15) is 9.59 Å². The molecule has 0 bridgehead atoms. The first kappa shape index (κ1) is 21.2. The molecule has 6 nitrogen and oxygen atoms in total. The van der Waals surface area contributed by atoms with Gasteiger partial charge in [-0.25, -0.2) is 0 Å². The molecule has 1 fully saturated rings. The molecule has 1 aliphatic rings. The molecule has 1 aromatic heterocycles. The molecule has 3 aromatic rings. The van der Waals surface area contributed by atoms with Crippen LogP contribution in [0.25, 0.3) is 11.3 Å². The molecule has 2 aromatic carbocycles. The zero-order valence-corrected chi connectivity index (χ0v) is 18.9. The minimum atomic E-state index is -0.289. The summed E-state index contributed by atoms with van der Waals surface area (Å²) >= 11 is 3.41. The lowest BCUT2D eigenvalue weighted by atomic mass is 10.2. The van der Waals surface area contributed by atoms with Crippen LogP contribution in [0.2, 0.25) is 0 Å². The van der Waals surface area contributed by atoms with Gasteiger partial charge >= 0.3 is 0 Å². The predicted octanol–water partition coefficient (Wildman–Crippen LogP) is 5.02. The predicted molar refractivity (Wildman–Crippen MR) is 125 cm³/mol. The third kappa shape index (κ3) is 4.99. The summed E-state index contributed by atoms with van der Waals surface area (Å²) in [7, 11) is 0. The molecular formula is C24H24BrN3O3. The third-order valence-electron chi connectivity index (χ3n) is 5.38. The van der Waals surface area contributed by atoms with E-state index in [0.29, 0.717) is 17.9 Å². The van der Waals surface area contributed by atoms with E-state index in [4.69, 9.17) is 4.42 Å². The molecule has 0 unspecified atom stereocenters. The van der Waals surface area contributed by atoms with Gasteiger partial charge in [-0.05, 0) is 48.5 Å². The summed E-state index contributed by atoms with van der Waals surface area (Å²) in [4.78, 5) is 28.6. The quantitative estimate of drug-likeness (QED) is 0.555. The maximum absolute atomic E-state index is 12.6. The van der Waals surface area contributed by atoms with Crippen molar-refractivity contribution in [2.45, 2.75) is 13.3 Å². The van der Waals surface area contributed by atoms with Gasteiger partial charge in [0.05, 0.1) is 0 Å². The Balaban J connectivity index is 1.35. The summed E-state index contributed by atoms with van der Waals surface area (Å²) in [5.74, 6) is 0.828. The van der Waals surface area contributed by atoms with Gasteiger partial charge in [-0.1, -0.05) is 35.0 Å². The third-order valence-corrected chi connectivity index (χ3v) is 5.91. The van der Waals surface area contributed by atoms with Gasteiger partial charge in [0.15, 0.2) is 5.76 Å². The zero-order chi connectivity index (χ0) is 21.8. The monoisotopic (exact) mass is 481 g/mol. The zero-order valence-electron chi connectivity index (χ0n) is 17.3. The highest BCUT2D eigenvalue weighted by Crippen LogP contribution is 2.25. The van der Waals surface area contributed by atoms with Crippen LogP contribution in [0.3, 0.4) is 0 Å². The molecule has 2 amide bonds. The highest BCUT2D eigenvalue weighted by molar-refractivity contribution is 9.10. The van der Waals surface area contributed by atoms with Crippen molar-refractivity contribution in [3.8, 4) is 11.3 Å². The molecule has 4 rings (SSSR count). The number of rotatable bonds is 5. The van der Waals surface area contributed by atoms with Gasteiger partial charge in [0.1, 0.15) is 5.76 Å². The van der Waals surface area contributed by atoms with Crippen LogP contribution in [-0.2, 0) is 4.79 Å². The molecule has 0 saturated carbocycles. The Morgan fingerprint density at radius 1 is 0.935 bits per heavy atom. The van der Waals surface area contributed by atoms with Crippen LogP contribution in [0.4, 0.5) is 11.4 Å². The van der Waals surface area contributed by atoms with Crippen LogP contribution in [-0.4, -0.2) is 42.9 Å². The smallest absolute Gasteiger partial charge is 0.291 e. The number of piperazine rings is 1. The van der Waals surface area contributed by atoms with Crippen LogP contribution < -0.4 is 10.2 Å². The van der Waals surface area contributed by atoms with Gasteiger partial charge in [-0.15, -0.1) is 0 Å². The summed E-state index contributed by atoms with van der Waals surface area (Å²) in [6, 6.07) is 18.9. The maximum atomic E-state index is 12.6. The van der Waals surface area contributed by atoms with Gasteiger partial charge in [0, 0.05) is 54.0 Å². The molecular weight excluding hydrogens is 458 g/mol. The molecule has 0 aliphatic carbocycles. The Bertz CT molecular complexity index is 1050. The second-order valence-electron chi connectivity index (χ2n) is 7.39. The van der Waals surface area contributed by atoms with E-state index >= 15 is 0 Å². The minimum Gasteiger partial charge on any atom is -0.451 e. The molecule has 2 heterocycles. The molecule has 1 N–H and O–H groups in total. The molecule has 31 heavy (non-hydrogen) atoms. The maximum Gasteiger partial charge on any atom is 0.291 e. The van der Waals surface area contributed by atoms with Crippen LogP contribution in [0, 0.1) is 0 Å². The number of benzene rings is 2. The van der Waals surface area contributed by atoms with Gasteiger partial charge in [-0.2, -0.15) is 0 Å². The Hall–Kier alpha value is -3.06. The highest BCUT2D eigenvalue weighted by Gasteiger charge is 2.20. The highest BCUT2D eigenvalue weighted by atomic mass is 79.9. The molecule has 7 heteroatoms. The number of nitrogens with zero attached hydrogens (tertiary/aromatic N) is 2. The summed E-state index contributed by atoms with van der Waals surface area (Å²) < 4.78 is 6.72. The van der Waals surface area contributed by atoms with E-state index in [1.807, 2.05) is 60.4 Å². The number of anilines is 2. The van der Waals surface area contributed by atoms with Crippen molar-refractivity contribution in [2.24, 2.45) is 0 Å². The summed E-state index contributed by atoms with van der Waals surface area (Å²) in [5.41, 5.74) is 2.69. The van der Waals surface area contributed by atoms with E-state index in [1.165, 1.54) is 0 Å². The van der Waals surface area contributed by atoms with Crippen molar-refractivity contribution in [3.05, 3.63) is 70.9 Å². The van der Waals surface area contributed by atoms with Crippen molar-refractivity contribution >= 4 is 39.1 Å². The number of hydrogen-bond acceptors (Lipinski definition) is 4. The molecule has 0 atom stereocenters. The molecule has 0 spiro atoms. The van der Waals surface area contributed by atoms with E-state index < -0.39 is 0 Å². The number of nitrogens with one attached hydrogen (secondary N) is 1. The van der Waals surface area contributed by atoms with Gasteiger partial charge in [0.25, 0.3) is 5.91 Å². The SMILES string of the molecule is CCC(=O)N1CCN(c2ccc(NC(=O)c3ccc(-c4ccc(Br)cc4)o3)cc2)CC1. The first-order valence-corrected chi connectivity index (χ1v) is 11.1. The van der Waals surface area contributed by atoms with Gasteiger partial charge < -0.3 is 19.5 Å². The molecule has 0 radical (unpaired) electrons. The van der Waals surface area contributed by atoms with E-state index in [0.717, 1.165) is 41.9 Å². The summed E-state index contributed by atoms with van der Waals surface area (Å²) in [6.45, 7) is 4.99. The number of carbonyl (C=O) groups excluding carboxylic acids is 2. The van der Waals surface area contributed by atoms with Crippen molar-refractivity contribution in [2.75, 3.05) is 36.4 Å². The number of amides is 2. The first-order valence-electron chi connectivity index (χ1n) is 10.3. The van der Waals surface area contributed by atoms with Crippen molar-refractivity contribution in [3.63, 3.8) is 0 Å². The second-order valence-corrected chi connectivity index (χ2v) is 8.31. The molecule has 1 aliphatic heterocycles. The van der Waals surface area contributed by atoms with Gasteiger partial charge in [0.2, 0.25) is 5.91 Å². The summed E-state index contributed by atoms with van der Waals surface area (Å²) in [5, 5.41) is 2.88. The number of furan rings is 1. The fourth-order valence-corrected chi connectivity index (χ4v) is 3.88. The largest absolute Gasteiger partial charge is 0.451 e.